The highest BCUT2D eigenvalue weighted by Crippen LogP contribution is 2.24. The van der Waals surface area contributed by atoms with Crippen LogP contribution in [0, 0.1) is 0 Å². The number of hydrogen-bond donors (Lipinski definition) is 2. The van der Waals surface area contributed by atoms with E-state index in [1.165, 1.54) is 12.1 Å². The number of ketones is 1. The van der Waals surface area contributed by atoms with E-state index in [2.05, 4.69) is 4.98 Å². The van der Waals surface area contributed by atoms with Gasteiger partial charge < -0.3 is 10.1 Å². The summed E-state index contributed by atoms with van der Waals surface area (Å²) in [6.07, 6.45) is -4.94. The van der Waals surface area contributed by atoms with Gasteiger partial charge in [0.05, 0.1) is 0 Å². The molecule has 0 amide bonds. The third-order valence-corrected chi connectivity index (χ3v) is 2.37. The summed E-state index contributed by atoms with van der Waals surface area (Å²) in [6, 6.07) is 4.42. The number of H-pyrrole nitrogens is 1. The summed E-state index contributed by atoms with van der Waals surface area (Å²) in [5.41, 5.74) is -0.321. The molecule has 2 N–H and O–H groups in total. The number of carboxylic acid groups (broad SMARTS) is 1. The Labute approximate surface area is 98.0 Å². The summed E-state index contributed by atoms with van der Waals surface area (Å²) in [5.74, 6) is -3.18. The van der Waals surface area contributed by atoms with Crippen LogP contribution in [-0.4, -0.2) is 28.0 Å². The first-order valence-electron chi connectivity index (χ1n) is 4.76. The molecule has 1 heterocycles. The molecule has 94 valence electrons. The van der Waals surface area contributed by atoms with E-state index in [0.29, 0.717) is 5.52 Å². The Morgan fingerprint density at radius 2 is 1.83 bits per heavy atom. The number of rotatable bonds is 2. The Balaban J connectivity index is 2.51. The van der Waals surface area contributed by atoms with Crippen LogP contribution in [-0.2, 0) is 0 Å². The number of carbonyl (C=O) groups excluding carboxylic acids is 1. The SMILES string of the molecule is O=C(O)c1cc2cc(C(=O)C(F)(F)F)ccc2[nH]1. The number of Topliss-reactive ketones (excluding diaryl/α,β-unsaturated/α-hetero) is 1. The Morgan fingerprint density at radius 3 is 2.39 bits per heavy atom. The number of alkyl halides is 3. The van der Waals surface area contributed by atoms with Gasteiger partial charge in [-0.2, -0.15) is 13.2 Å². The van der Waals surface area contributed by atoms with Crippen molar-refractivity contribution in [2.45, 2.75) is 6.18 Å². The van der Waals surface area contributed by atoms with Crippen LogP contribution in [0.4, 0.5) is 13.2 Å². The lowest BCUT2D eigenvalue weighted by atomic mass is 10.1. The molecule has 4 nitrogen and oxygen atoms in total. The molecule has 1 aromatic heterocycles. The van der Waals surface area contributed by atoms with Gasteiger partial charge in [0, 0.05) is 16.5 Å². The van der Waals surface area contributed by atoms with Crippen molar-refractivity contribution < 1.29 is 27.9 Å². The third kappa shape index (κ3) is 2.06. The number of aromatic amines is 1. The molecule has 0 spiro atoms. The van der Waals surface area contributed by atoms with Crippen molar-refractivity contribution in [3.05, 3.63) is 35.5 Å². The lowest BCUT2D eigenvalue weighted by Crippen LogP contribution is -2.22. The Hall–Kier alpha value is -2.31. The van der Waals surface area contributed by atoms with Gasteiger partial charge in [0.15, 0.2) is 0 Å². The average Bonchev–Trinajstić information content (AvgIpc) is 2.69. The first-order valence-corrected chi connectivity index (χ1v) is 4.76. The predicted octanol–water partition coefficient (Wildman–Crippen LogP) is 2.61. The molecule has 0 aliphatic carbocycles. The highest BCUT2D eigenvalue weighted by molar-refractivity contribution is 6.03. The number of carboxylic acids is 1. The van der Waals surface area contributed by atoms with E-state index in [1.54, 1.807) is 0 Å². The average molecular weight is 257 g/mol. The third-order valence-electron chi connectivity index (χ3n) is 2.37. The minimum absolute atomic E-state index is 0.151. The van der Waals surface area contributed by atoms with E-state index < -0.39 is 23.5 Å². The maximum absolute atomic E-state index is 12.2. The van der Waals surface area contributed by atoms with Crippen molar-refractivity contribution in [3.63, 3.8) is 0 Å². The van der Waals surface area contributed by atoms with Crippen molar-refractivity contribution in [1.82, 2.24) is 4.98 Å². The summed E-state index contributed by atoms with van der Waals surface area (Å²) in [7, 11) is 0. The second-order valence-electron chi connectivity index (χ2n) is 3.62. The molecule has 7 heteroatoms. The number of hydrogen-bond acceptors (Lipinski definition) is 2. The first kappa shape index (κ1) is 12.2. The van der Waals surface area contributed by atoms with Gasteiger partial charge in [-0.05, 0) is 24.3 Å². The molecule has 0 bridgehead atoms. The summed E-state index contributed by atoms with van der Waals surface area (Å²) < 4.78 is 36.7. The predicted molar refractivity (Wildman–Crippen MR) is 55.6 cm³/mol. The number of aromatic nitrogens is 1. The quantitative estimate of drug-likeness (QED) is 0.812. The molecule has 0 aliphatic heterocycles. The van der Waals surface area contributed by atoms with Crippen LogP contribution < -0.4 is 0 Å². The minimum Gasteiger partial charge on any atom is -0.477 e. The molecule has 0 fully saturated rings. The highest BCUT2D eigenvalue weighted by atomic mass is 19.4. The molecular formula is C11H6F3NO3. The second-order valence-corrected chi connectivity index (χ2v) is 3.62. The van der Waals surface area contributed by atoms with Crippen LogP contribution in [0.5, 0.6) is 0 Å². The molecular weight excluding hydrogens is 251 g/mol. The molecule has 0 aliphatic rings. The smallest absolute Gasteiger partial charge is 0.454 e. The Kier molecular flexibility index (Phi) is 2.61. The fourth-order valence-corrected chi connectivity index (χ4v) is 1.55. The molecule has 1 aromatic carbocycles. The van der Waals surface area contributed by atoms with E-state index in [1.807, 2.05) is 0 Å². The van der Waals surface area contributed by atoms with Gasteiger partial charge in [-0.15, -0.1) is 0 Å². The van der Waals surface area contributed by atoms with Crippen LogP contribution in [0.15, 0.2) is 24.3 Å². The molecule has 0 saturated carbocycles. The molecule has 0 unspecified atom stereocenters. The summed E-state index contributed by atoms with van der Waals surface area (Å²) in [6.45, 7) is 0. The van der Waals surface area contributed by atoms with Crippen molar-refractivity contribution in [3.8, 4) is 0 Å². The van der Waals surface area contributed by atoms with Gasteiger partial charge in [0.1, 0.15) is 5.69 Å². The van der Waals surface area contributed by atoms with Gasteiger partial charge in [0.2, 0.25) is 0 Å². The van der Waals surface area contributed by atoms with Crippen LogP contribution in [0.1, 0.15) is 20.8 Å². The highest BCUT2D eigenvalue weighted by Gasteiger charge is 2.39. The van der Waals surface area contributed by atoms with Crippen molar-refractivity contribution in [2.75, 3.05) is 0 Å². The number of aromatic carboxylic acids is 1. The van der Waals surface area contributed by atoms with Gasteiger partial charge in [-0.25, -0.2) is 4.79 Å². The monoisotopic (exact) mass is 257 g/mol. The van der Waals surface area contributed by atoms with E-state index >= 15 is 0 Å². The van der Waals surface area contributed by atoms with Crippen LogP contribution >= 0.6 is 0 Å². The fourth-order valence-electron chi connectivity index (χ4n) is 1.55. The van der Waals surface area contributed by atoms with Crippen molar-refractivity contribution in [1.29, 1.82) is 0 Å². The maximum Gasteiger partial charge on any atom is 0.454 e. The van der Waals surface area contributed by atoms with Crippen LogP contribution in [0.25, 0.3) is 10.9 Å². The van der Waals surface area contributed by atoms with Crippen LogP contribution in [0.2, 0.25) is 0 Å². The number of benzene rings is 1. The summed E-state index contributed by atoms with van der Waals surface area (Å²) in [4.78, 5) is 24.2. The molecule has 0 saturated heterocycles. The van der Waals surface area contributed by atoms with E-state index in [9.17, 15) is 22.8 Å². The Bertz CT molecular complexity index is 643. The number of carbonyl (C=O) groups is 2. The molecule has 0 radical (unpaired) electrons. The summed E-state index contributed by atoms with van der Waals surface area (Å²) >= 11 is 0. The minimum atomic E-state index is -4.94. The van der Waals surface area contributed by atoms with Gasteiger partial charge in [-0.1, -0.05) is 0 Å². The number of fused-ring (bicyclic) bond motifs is 1. The number of nitrogens with one attached hydrogen (secondary N) is 1. The second kappa shape index (κ2) is 3.86. The normalized spacial score (nSPS) is 11.7. The fraction of sp³-hybridized carbons (Fsp3) is 0.0909. The maximum atomic E-state index is 12.2. The van der Waals surface area contributed by atoms with E-state index in [0.717, 1.165) is 12.1 Å². The van der Waals surface area contributed by atoms with E-state index in [4.69, 9.17) is 5.11 Å². The van der Waals surface area contributed by atoms with Crippen molar-refractivity contribution >= 4 is 22.7 Å². The zero-order chi connectivity index (χ0) is 13.5. The topological polar surface area (TPSA) is 70.2 Å². The zero-order valence-corrected chi connectivity index (χ0v) is 8.71. The van der Waals surface area contributed by atoms with Crippen molar-refractivity contribution in [2.24, 2.45) is 0 Å². The molecule has 2 aromatic rings. The zero-order valence-electron chi connectivity index (χ0n) is 8.71. The van der Waals surface area contributed by atoms with Gasteiger partial charge in [-0.3, -0.25) is 4.79 Å². The number of halogens is 3. The van der Waals surface area contributed by atoms with Gasteiger partial charge >= 0.3 is 12.1 Å². The summed E-state index contributed by atoms with van der Waals surface area (Å²) in [5, 5.41) is 8.95. The first-order chi connectivity index (χ1) is 8.29. The molecule has 0 atom stereocenters. The lowest BCUT2D eigenvalue weighted by molar-refractivity contribution is -0.0885. The van der Waals surface area contributed by atoms with E-state index in [-0.39, 0.29) is 11.1 Å². The Morgan fingerprint density at radius 1 is 1.17 bits per heavy atom. The molecule has 18 heavy (non-hydrogen) atoms. The lowest BCUT2D eigenvalue weighted by Gasteiger charge is -2.04. The van der Waals surface area contributed by atoms with Crippen LogP contribution in [0.3, 0.4) is 0 Å². The van der Waals surface area contributed by atoms with Gasteiger partial charge in [0.25, 0.3) is 5.78 Å². The standard InChI is InChI=1S/C11H6F3NO3/c12-11(13,14)9(16)5-1-2-7-6(3-5)4-8(15-7)10(17)18/h1-4,15H,(H,17,18). The molecule has 2 rings (SSSR count). The largest absolute Gasteiger partial charge is 0.477 e.